The quantitative estimate of drug-likeness (QED) is 0.923. The highest BCUT2D eigenvalue weighted by Gasteiger charge is 2.42. The topological polar surface area (TPSA) is 64.0 Å². The maximum absolute atomic E-state index is 12.8. The van der Waals surface area contributed by atoms with Crippen molar-refractivity contribution in [1.82, 2.24) is 14.9 Å². The van der Waals surface area contributed by atoms with Crippen LogP contribution in [-0.2, 0) is 11.3 Å². The van der Waals surface area contributed by atoms with Crippen molar-refractivity contribution >= 4 is 16.8 Å². The van der Waals surface area contributed by atoms with Crippen molar-refractivity contribution < 1.29 is 18.0 Å². The first-order valence-electron chi connectivity index (χ1n) is 8.15. The van der Waals surface area contributed by atoms with Gasteiger partial charge in [-0.15, -0.1) is 0 Å². The maximum Gasteiger partial charge on any atom is 0.391 e. The summed E-state index contributed by atoms with van der Waals surface area (Å²) in [5.41, 5.74) is 0.182. The summed E-state index contributed by atoms with van der Waals surface area (Å²) in [6.07, 6.45) is -2.02. The second-order valence-electron chi connectivity index (χ2n) is 6.36. The number of rotatable bonds is 3. The van der Waals surface area contributed by atoms with Gasteiger partial charge in [0.1, 0.15) is 6.54 Å². The number of fused-ring (bicyclic) bond motifs is 1. The van der Waals surface area contributed by atoms with Crippen molar-refractivity contribution in [1.29, 1.82) is 0 Å². The fraction of sp³-hybridized carbons (Fsp3) is 0.471. The van der Waals surface area contributed by atoms with E-state index >= 15 is 0 Å². The Kier molecular flexibility index (Phi) is 4.78. The van der Waals surface area contributed by atoms with E-state index in [0.717, 1.165) is 0 Å². The lowest BCUT2D eigenvalue weighted by Gasteiger charge is -2.31. The molecule has 1 amide bonds. The van der Waals surface area contributed by atoms with Gasteiger partial charge in [-0.1, -0.05) is 18.6 Å². The zero-order valence-corrected chi connectivity index (χ0v) is 13.4. The van der Waals surface area contributed by atoms with E-state index in [-0.39, 0.29) is 24.9 Å². The highest BCUT2D eigenvalue weighted by Crippen LogP contribution is 2.37. The monoisotopic (exact) mass is 353 g/mol. The van der Waals surface area contributed by atoms with Gasteiger partial charge in [0.05, 0.1) is 23.1 Å². The molecule has 0 saturated heterocycles. The molecule has 1 fully saturated rings. The normalized spacial score (nSPS) is 21.2. The summed E-state index contributed by atoms with van der Waals surface area (Å²) in [6, 6.07) is 6.26. The minimum Gasteiger partial charge on any atom is -0.352 e. The molecule has 2 unspecified atom stereocenters. The van der Waals surface area contributed by atoms with Crippen LogP contribution < -0.4 is 10.9 Å². The fourth-order valence-electron chi connectivity index (χ4n) is 3.26. The first-order chi connectivity index (χ1) is 11.8. The Morgan fingerprint density at radius 1 is 1.28 bits per heavy atom. The molecular weight excluding hydrogens is 335 g/mol. The van der Waals surface area contributed by atoms with Crippen LogP contribution in [0.25, 0.3) is 10.9 Å². The Bertz CT molecular complexity index is 832. The molecule has 1 aromatic carbocycles. The van der Waals surface area contributed by atoms with Crippen LogP contribution in [0.5, 0.6) is 0 Å². The molecule has 2 aromatic rings. The van der Waals surface area contributed by atoms with E-state index in [1.807, 2.05) is 0 Å². The van der Waals surface area contributed by atoms with Crippen molar-refractivity contribution in [2.75, 3.05) is 0 Å². The Morgan fingerprint density at radius 3 is 2.80 bits per heavy atom. The summed E-state index contributed by atoms with van der Waals surface area (Å²) in [6.45, 7) is -0.260. The standard InChI is InChI=1S/C17H18F3N3O2/c18-17(19,20)11-4-3-5-12(8-11)22-15(24)9-23-10-21-14-7-2-1-6-13(14)16(23)25/h1-2,6-7,10-12H,3-5,8-9H2,(H,22,24). The molecule has 5 nitrogen and oxygen atoms in total. The molecule has 1 N–H and O–H groups in total. The number of alkyl halides is 3. The van der Waals surface area contributed by atoms with Gasteiger partial charge in [-0.25, -0.2) is 4.98 Å². The molecular formula is C17H18F3N3O2. The van der Waals surface area contributed by atoms with Crippen LogP contribution in [0.15, 0.2) is 35.4 Å². The van der Waals surface area contributed by atoms with Gasteiger partial charge in [0.15, 0.2) is 0 Å². The second kappa shape index (κ2) is 6.85. The van der Waals surface area contributed by atoms with Crippen molar-refractivity contribution in [3.63, 3.8) is 0 Å². The third-order valence-corrected chi connectivity index (χ3v) is 4.55. The molecule has 1 aromatic heterocycles. The number of amides is 1. The molecule has 0 spiro atoms. The summed E-state index contributed by atoms with van der Waals surface area (Å²) in [4.78, 5) is 28.6. The summed E-state index contributed by atoms with van der Waals surface area (Å²) < 4.78 is 39.7. The lowest BCUT2D eigenvalue weighted by Crippen LogP contribution is -2.43. The van der Waals surface area contributed by atoms with E-state index in [1.54, 1.807) is 24.3 Å². The van der Waals surface area contributed by atoms with Crippen molar-refractivity contribution in [3.8, 4) is 0 Å². The maximum atomic E-state index is 12.8. The average Bonchev–Trinajstić information content (AvgIpc) is 2.57. The Labute approximate surface area is 141 Å². The number of nitrogens with zero attached hydrogens (tertiary/aromatic N) is 2. The molecule has 0 aliphatic heterocycles. The van der Waals surface area contributed by atoms with Crippen molar-refractivity contribution in [2.24, 2.45) is 5.92 Å². The van der Waals surface area contributed by atoms with Crippen molar-refractivity contribution in [2.45, 2.75) is 44.4 Å². The van der Waals surface area contributed by atoms with Crippen LogP contribution in [0.1, 0.15) is 25.7 Å². The molecule has 0 bridgehead atoms. The molecule has 3 rings (SSSR count). The number of nitrogens with one attached hydrogen (secondary N) is 1. The third kappa shape index (κ3) is 4.00. The molecule has 1 heterocycles. The first-order valence-corrected chi connectivity index (χ1v) is 8.15. The number of benzene rings is 1. The molecule has 1 aliphatic carbocycles. The minimum absolute atomic E-state index is 0.101. The second-order valence-corrected chi connectivity index (χ2v) is 6.36. The van der Waals surface area contributed by atoms with Gasteiger partial charge in [0.2, 0.25) is 5.91 Å². The number of hydrogen-bond acceptors (Lipinski definition) is 3. The lowest BCUT2D eigenvalue weighted by atomic mass is 9.85. The Morgan fingerprint density at radius 2 is 2.04 bits per heavy atom. The molecule has 8 heteroatoms. The Hall–Kier alpha value is -2.38. The largest absolute Gasteiger partial charge is 0.391 e. The number of carbonyl (C=O) groups is 1. The lowest BCUT2D eigenvalue weighted by molar-refractivity contribution is -0.184. The number of halogens is 3. The van der Waals surface area contributed by atoms with E-state index < -0.39 is 24.0 Å². The van der Waals surface area contributed by atoms with Gasteiger partial charge in [0, 0.05) is 6.04 Å². The fourth-order valence-corrected chi connectivity index (χ4v) is 3.26. The average molecular weight is 353 g/mol. The number of hydrogen-bond donors (Lipinski definition) is 1. The highest BCUT2D eigenvalue weighted by atomic mass is 19.4. The zero-order chi connectivity index (χ0) is 18.0. The van der Waals surface area contributed by atoms with Crippen LogP contribution in [0, 0.1) is 5.92 Å². The number of carbonyl (C=O) groups excluding carboxylic acids is 1. The zero-order valence-electron chi connectivity index (χ0n) is 13.4. The summed E-state index contributed by atoms with van der Waals surface area (Å²) in [5.74, 6) is -1.86. The van der Waals surface area contributed by atoms with Crippen LogP contribution in [0.3, 0.4) is 0 Å². The molecule has 0 radical (unpaired) electrons. The summed E-state index contributed by atoms with van der Waals surface area (Å²) in [7, 11) is 0. The molecule has 134 valence electrons. The molecule has 1 aliphatic rings. The van der Waals surface area contributed by atoms with Gasteiger partial charge in [0.25, 0.3) is 5.56 Å². The first kappa shape index (κ1) is 17.4. The van der Waals surface area contributed by atoms with Gasteiger partial charge < -0.3 is 5.32 Å². The van der Waals surface area contributed by atoms with Crippen LogP contribution in [0.4, 0.5) is 13.2 Å². The van der Waals surface area contributed by atoms with E-state index in [4.69, 9.17) is 0 Å². The number of aromatic nitrogens is 2. The Balaban J connectivity index is 1.67. The highest BCUT2D eigenvalue weighted by molar-refractivity contribution is 5.79. The smallest absolute Gasteiger partial charge is 0.352 e. The van der Waals surface area contributed by atoms with Gasteiger partial charge in [-0.3, -0.25) is 14.2 Å². The molecule has 1 saturated carbocycles. The van der Waals surface area contributed by atoms with Crippen LogP contribution in [-0.4, -0.2) is 27.7 Å². The third-order valence-electron chi connectivity index (χ3n) is 4.55. The predicted octanol–water partition coefficient (Wildman–Crippen LogP) is 2.63. The van der Waals surface area contributed by atoms with Gasteiger partial charge in [-0.05, 0) is 31.4 Å². The van der Waals surface area contributed by atoms with E-state index in [9.17, 15) is 22.8 Å². The number of para-hydroxylation sites is 1. The SMILES string of the molecule is O=C(Cn1cnc2ccccc2c1=O)NC1CCCC(C(F)(F)F)C1. The van der Waals surface area contributed by atoms with E-state index in [0.29, 0.717) is 23.7 Å². The molecule has 25 heavy (non-hydrogen) atoms. The predicted molar refractivity (Wildman–Crippen MR) is 85.9 cm³/mol. The van der Waals surface area contributed by atoms with Gasteiger partial charge in [-0.2, -0.15) is 13.2 Å². The van der Waals surface area contributed by atoms with Gasteiger partial charge >= 0.3 is 6.18 Å². The van der Waals surface area contributed by atoms with E-state index in [2.05, 4.69) is 10.3 Å². The van der Waals surface area contributed by atoms with E-state index in [1.165, 1.54) is 10.9 Å². The minimum atomic E-state index is -4.23. The van der Waals surface area contributed by atoms with Crippen LogP contribution >= 0.6 is 0 Å². The summed E-state index contributed by atoms with van der Waals surface area (Å²) >= 11 is 0. The van der Waals surface area contributed by atoms with Crippen LogP contribution in [0.2, 0.25) is 0 Å². The van der Waals surface area contributed by atoms with Crippen molar-refractivity contribution in [3.05, 3.63) is 40.9 Å². The summed E-state index contributed by atoms with van der Waals surface area (Å²) in [5, 5.41) is 3.01. The molecule has 2 atom stereocenters.